The van der Waals surface area contributed by atoms with Crippen molar-refractivity contribution in [3.05, 3.63) is 0 Å². The second-order valence-electron chi connectivity index (χ2n) is 4.85. The van der Waals surface area contributed by atoms with Crippen LogP contribution in [-0.4, -0.2) is 37.9 Å². The van der Waals surface area contributed by atoms with Gasteiger partial charge in [0.1, 0.15) is 5.54 Å². The summed E-state index contributed by atoms with van der Waals surface area (Å²) < 4.78 is 10.7. The van der Waals surface area contributed by atoms with Gasteiger partial charge in [-0.2, -0.15) is 0 Å². The summed E-state index contributed by atoms with van der Waals surface area (Å²) in [6.07, 6.45) is 3.25. The smallest absolute Gasteiger partial charge is 0.326 e. The summed E-state index contributed by atoms with van der Waals surface area (Å²) in [6.45, 7) is 8.32. The monoisotopic (exact) mass is 243 g/mol. The van der Waals surface area contributed by atoms with E-state index in [0.29, 0.717) is 19.6 Å². The Balaban J connectivity index is 2.30. The van der Waals surface area contributed by atoms with E-state index in [1.54, 1.807) is 0 Å². The molecule has 0 spiro atoms. The van der Waals surface area contributed by atoms with E-state index in [2.05, 4.69) is 5.32 Å². The number of hydrogen-bond donors (Lipinski definition) is 1. The highest BCUT2D eigenvalue weighted by atomic mass is 16.5. The van der Waals surface area contributed by atoms with E-state index < -0.39 is 5.54 Å². The molecule has 1 saturated carbocycles. The minimum Gasteiger partial charge on any atom is -0.465 e. The van der Waals surface area contributed by atoms with Gasteiger partial charge in [0.15, 0.2) is 0 Å². The number of likely N-dealkylation sites (N-methyl/N-ethyl adjacent to an activating group) is 1. The minimum absolute atomic E-state index is 0.183. The number of ether oxygens (including phenoxy) is 2. The van der Waals surface area contributed by atoms with Gasteiger partial charge in [-0.15, -0.1) is 0 Å². The van der Waals surface area contributed by atoms with Crippen molar-refractivity contribution in [2.75, 3.05) is 26.4 Å². The highest BCUT2D eigenvalue weighted by Crippen LogP contribution is 2.28. The van der Waals surface area contributed by atoms with E-state index in [4.69, 9.17) is 9.47 Å². The Hall–Kier alpha value is -0.610. The Kier molecular flexibility index (Phi) is 5.92. The van der Waals surface area contributed by atoms with E-state index in [0.717, 1.165) is 19.1 Å². The fourth-order valence-corrected chi connectivity index (χ4v) is 1.75. The van der Waals surface area contributed by atoms with Crippen LogP contribution in [0.15, 0.2) is 0 Å². The third-order valence-electron chi connectivity index (χ3n) is 3.09. The van der Waals surface area contributed by atoms with Gasteiger partial charge in [0, 0.05) is 13.2 Å². The van der Waals surface area contributed by atoms with Crippen molar-refractivity contribution in [2.45, 2.75) is 45.6 Å². The quantitative estimate of drug-likeness (QED) is 0.495. The molecular formula is C13H25NO3. The van der Waals surface area contributed by atoms with Crippen LogP contribution in [0.4, 0.5) is 0 Å². The fraction of sp³-hybridized carbons (Fsp3) is 0.923. The van der Waals surface area contributed by atoms with Crippen molar-refractivity contribution in [2.24, 2.45) is 5.92 Å². The van der Waals surface area contributed by atoms with Crippen LogP contribution < -0.4 is 5.32 Å². The van der Waals surface area contributed by atoms with Crippen LogP contribution in [0.5, 0.6) is 0 Å². The average molecular weight is 243 g/mol. The molecule has 0 radical (unpaired) electrons. The molecule has 0 saturated heterocycles. The van der Waals surface area contributed by atoms with Crippen LogP contribution in [0, 0.1) is 5.92 Å². The zero-order valence-electron chi connectivity index (χ0n) is 11.3. The first kappa shape index (κ1) is 14.5. The maximum absolute atomic E-state index is 11.9. The van der Waals surface area contributed by atoms with Gasteiger partial charge >= 0.3 is 5.97 Å². The molecule has 4 nitrogen and oxygen atoms in total. The standard InChI is InChI=1S/C13H25NO3/c1-4-14-13(3,12(15)17-5-2)8-9-16-10-11-6-7-11/h11,14H,4-10H2,1-3H3. The maximum Gasteiger partial charge on any atom is 0.326 e. The number of carbonyl (C=O) groups excluding carboxylic acids is 1. The van der Waals surface area contributed by atoms with Crippen LogP contribution in [0.3, 0.4) is 0 Å². The highest BCUT2D eigenvalue weighted by molar-refractivity contribution is 5.80. The zero-order valence-corrected chi connectivity index (χ0v) is 11.3. The topological polar surface area (TPSA) is 47.6 Å². The molecule has 1 atom stereocenters. The number of nitrogens with one attached hydrogen (secondary N) is 1. The zero-order chi connectivity index (χ0) is 12.7. The summed E-state index contributed by atoms with van der Waals surface area (Å²) in [7, 11) is 0. The van der Waals surface area contributed by atoms with Crippen LogP contribution in [0.25, 0.3) is 0 Å². The lowest BCUT2D eigenvalue weighted by molar-refractivity contribution is -0.151. The lowest BCUT2D eigenvalue weighted by Gasteiger charge is -2.27. The SMILES string of the molecule is CCNC(C)(CCOCC1CC1)C(=O)OCC. The second-order valence-corrected chi connectivity index (χ2v) is 4.85. The third kappa shape index (κ3) is 5.04. The minimum atomic E-state index is -0.617. The van der Waals surface area contributed by atoms with E-state index in [1.807, 2.05) is 20.8 Å². The molecule has 1 aliphatic rings. The molecule has 0 heterocycles. The summed E-state index contributed by atoms with van der Waals surface area (Å²) >= 11 is 0. The molecule has 1 fully saturated rings. The van der Waals surface area contributed by atoms with Gasteiger partial charge in [-0.1, -0.05) is 6.92 Å². The number of carbonyl (C=O) groups is 1. The number of esters is 1. The van der Waals surface area contributed by atoms with Gasteiger partial charge in [-0.05, 0) is 45.6 Å². The number of rotatable bonds is 9. The lowest BCUT2D eigenvalue weighted by atomic mass is 9.98. The molecule has 0 bridgehead atoms. The van der Waals surface area contributed by atoms with Crippen molar-refractivity contribution < 1.29 is 14.3 Å². The first-order valence-electron chi connectivity index (χ1n) is 6.62. The maximum atomic E-state index is 11.9. The van der Waals surface area contributed by atoms with Crippen molar-refractivity contribution in [1.29, 1.82) is 0 Å². The summed E-state index contributed by atoms with van der Waals surface area (Å²) in [5, 5.41) is 3.19. The van der Waals surface area contributed by atoms with Gasteiger partial charge in [0.25, 0.3) is 0 Å². The van der Waals surface area contributed by atoms with Crippen LogP contribution in [0.2, 0.25) is 0 Å². The molecule has 0 amide bonds. The van der Waals surface area contributed by atoms with Gasteiger partial charge in [-0.25, -0.2) is 0 Å². The molecule has 100 valence electrons. The molecule has 1 aliphatic carbocycles. The van der Waals surface area contributed by atoms with Gasteiger partial charge in [-0.3, -0.25) is 4.79 Å². The van der Waals surface area contributed by atoms with Crippen molar-refractivity contribution in [1.82, 2.24) is 5.32 Å². The molecule has 0 aromatic rings. The summed E-state index contributed by atoms with van der Waals surface area (Å²) in [6, 6.07) is 0. The van der Waals surface area contributed by atoms with Crippen LogP contribution >= 0.6 is 0 Å². The molecule has 1 unspecified atom stereocenters. The Morgan fingerprint density at radius 1 is 1.41 bits per heavy atom. The largest absolute Gasteiger partial charge is 0.465 e. The molecule has 0 aromatic carbocycles. The first-order valence-corrected chi connectivity index (χ1v) is 6.62. The highest BCUT2D eigenvalue weighted by Gasteiger charge is 2.33. The molecule has 4 heteroatoms. The molecule has 0 aliphatic heterocycles. The van der Waals surface area contributed by atoms with E-state index >= 15 is 0 Å². The Morgan fingerprint density at radius 3 is 2.65 bits per heavy atom. The van der Waals surface area contributed by atoms with E-state index in [1.165, 1.54) is 12.8 Å². The Labute approximate surface area is 104 Å². The summed E-state index contributed by atoms with van der Waals surface area (Å²) in [4.78, 5) is 11.9. The van der Waals surface area contributed by atoms with E-state index in [-0.39, 0.29) is 5.97 Å². The van der Waals surface area contributed by atoms with Crippen LogP contribution in [-0.2, 0) is 14.3 Å². The molecule has 0 aromatic heterocycles. The average Bonchev–Trinajstić information content (AvgIpc) is 3.09. The summed E-state index contributed by atoms with van der Waals surface area (Å²) in [5.41, 5.74) is -0.617. The summed E-state index contributed by atoms with van der Waals surface area (Å²) in [5.74, 6) is 0.583. The lowest BCUT2D eigenvalue weighted by Crippen LogP contribution is -2.51. The normalized spacial score (nSPS) is 18.8. The number of hydrogen-bond acceptors (Lipinski definition) is 4. The predicted molar refractivity (Wildman–Crippen MR) is 66.9 cm³/mol. The van der Waals surface area contributed by atoms with Crippen molar-refractivity contribution in [3.63, 3.8) is 0 Å². The van der Waals surface area contributed by atoms with E-state index in [9.17, 15) is 4.79 Å². The third-order valence-corrected chi connectivity index (χ3v) is 3.09. The van der Waals surface area contributed by atoms with Crippen molar-refractivity contribution >= 4 is 5.97 Å². The fourth-order valence-electron chi connectivity index (χ4n) is 1.75. The molecule has 17 heavy (non-hydrogen) atoms. The van der Waals surface area contributed by atoms with Gasteiger partial charge < -0.3 is 14.8 Å². The van der Waals surface area contributed by atoms with Gasteiger partial charge in [0.2, 0.25) is 0 Å². The molecular weight excluding hydrogens is 218 g/mol. The Morgan fingerprint density at radius 2 is 2.12 bits per heavy atom. The van der Waals surface area contributed by atoms with Crippen molar-refractivity contribution in [3.8, 4) is 0 Å². The first-order chi connectivity index (χ1) is 8.12. The van der Waals surface area contributed by atoms with Crippen LogP contribution in [0.1, 0.15) is 40.0 Å². The molecule has 1 rings (SSSR count). The second kappa shape index (κ2) is 6.97. The predicted octanol–water partition coefficient (Wildman–Crippen LogP) is 1.73. The Bertz CT molecular complexity index is 241. The molecule has 1 N–H and O–H groups in total. The van der Waals surface area contributed by atoms with Gasteiger partial charge in [0.05, 0.1) is 6.61 Å².